The molecule has 0 saturated carbocycles. The summed E-state index contributed by atoms with van der Waals surface area (Å²) < 4.78 is 5.53. The molecular weight excluding hydrogens is 270 g/mol. The molecule has 2 aliphatic rings. The first-order valence-corrected chi connectivity index (χ1v) is 7.28. The highest BCUT2D eigenvalue weighted by Gasteiger charge is 2.50. The van der Waals surface area contributed by atoms with Gasteiger partial charge in [-0.05, 0) is 32.0 Å². The van der Waals surface area contributed by atoms with Gasteiger partial charge in [0, 0.05) is 18.5 Å². The molecule has 1 aromatic carbocycles. The fourth-order valence-electron chi connectivity index (χ4n) is 3.65. The predicted octanol–water partition coefficient (Wildman–Crippen LogP) is 1.78. The standard InChI is InChI=1S/C16H19NO4/c1-17-11-7-8-12(17)14(15(18)19)13(9-11)21-16(20)10-5-3-2-4-6-10/h2-6,11-14H,7-9H2,1H3,(H,18,19)/t11?,12?,13-,14+/m1/s1. The first-order valence-electron chi connectivity index (χ1n) is 7.28. The number of hydrogen-bond donors (Lipinski definition) is 1. The van der Waals surface area contributed by atoms with Crippen molar-refractivity contribution >= 4 is 11.9 Å². The number of nitrogens with zero attached hydrogens (tertiary/aromatic N) is 1. The van der Waals surface area contributed by atoms with Gasteiger partial charge in [0.2, 0.25) is 0 Å². The van der Waals surface area contributed by atoms with E-state index in [2.05, 4.69) is 4.90 Å². The van der Waals surface area contributed by atoms with Crippen LogP contribution >= 0.6 is 0 Å². The summed E-state index contributed by atoms with van der Waals surface area (Å²) in [5, 5.41) is 9.51. The summed E-state index contributed by atoms with van der Waals surface area (Å²) in [6.45, 7) is 0. The number of carbonyl (C=O) groups is 2. The fourth-order valence-corrected chi connectivity index (χ4v) is 3.65. The number of carbonyl (C=O) groups excluding carboxylic acids is 1. The van der Waals surface area contributed by atoms with E-state index in [1.54, 1.807) is 24.3 Å². The third-order valence-corrected chi connectivity index (χ3v) is 4.77. The Balaban J connectivity index is 1.78. The molecule has 1 N–H and O–H groups in total. The van der Waals surface area contributed by atoms with E-state index in [1.807, 2.05) is 13.1 Å². The van der Waals surface area contributed by atoms with Crippen molar-refractivity contribution in [3.8, 4) is 0 Å². The van der Waals surface area contributed by atoms with Crippen molar-refractivity contribution in [1.82, 2.24) is 4.90 Å². The highest BCUT2D eigenvalue weighted by Crippen LogP contribution is 2.39. The lowest BCUT2D eigenvalue weighted by atomic mass is 9.87. The first-order chi connectivity index (χ1) is 10.1. The van der Waals surface area contributed by atoms with Crippen LogP contribution in [0.2, 0.25) is 0 Å². The Hall–Kier alpha value is -1.88. The first kappa shape index (κ1) is 14.1. The van der Waals surface area contributed by atoms with Crippen LogP contribution in [0.1, 0.15) is 29.6 Å². The zero-order valence-electron chi connectivity index (χ0n) is 11.9. The van der Waals surface area contributed by atoms with Crippen molar-refractivity contribution in [2.24, 2.45) is 5.92 Å². The fraction of sp³-hybridized carbons (Fsp3) is 0.500. The highest BCUT2D eigenvalue weighted by molar-refractivity contribution is 5.89. The minimum absolute atomic E-state index is 0.0326. The van der Waals surface area contributed by atoms with Gasteiger partial charge in [0.05, 0.1) is 5.56 Å². The maximum atomic E-state index is 12.2. The molecule has 3 rings (SSSR count). The number of carboxylic acid groups (broad SMARTS) is 1. The molecule has 0 aliphatic carbocycles. The Morgan fingerprint density at radius 3 is 2.62 bits per heavy atom. The van der Waals surface area contributed by atoms with Crippen LogP contribution in [0.3, 0.4) is 0 Å². The molecule has 2 saturated heterocycles. The number of fused-ring (bicyclic) bond motifs is 2. The van der Waals surface area contributed by atoms with E-state index < -0.39 is 24.0 Å². The van der Waals surface area contributed by atoms with Crippen molar-refractivity contribution in [3.63, 3.8) is 0 Å². The second kappa shape index (κ2) is 5.48. The van der Waals surface area contributed by atoms with Crippen LogP contribution in [0.4, 0.5) is 0 Å². The molecule has 2 bridgehead atoms. The number of carboxylic acids is 1. The molecule has 112 valence electrons. The highest BCUT2D eigenvalue weighted by atomic mass is 16.5. The molecule has 2 unspecified atom stereocenters. The lowest BCUT2D eigenvalue weighted by molar-refractivity contribution is -0.152. The molecular formula is C16H19NO4. The summed E-state index contributed by atoms with van der Waals surface area (Å²) in [6, 6.07) is 9.01. The summed E-state index contributed by atoms with van der Waals surface area (Å²) in [6.07, 6.45) is 1.90. The number of piperidine rings is 1. The van der Waals surface area contributed by atoms with E-state index in [4.69, 9.17) is 4.74 Å². The largest absolute Gasteiger partial charge is 0.481 e. The summed E-state index contributed by atoms with van der Waals surface area (Å²) in [7, 11) is 1.97. The van der Waals surface area contributed by atoms with Gasteiger partial charge < -0.3 is 9.84 Å². The smallest absolute Gasteiger partial charge is 0.338 e. The number of aliphatic carboxylic acids is 1. The van der Waals surface area contributed by atoms with E-state index in [-0.39, 0.29) is 6.04 Å². The van der Waals surface area contributed by atoms with Crippen LogP contribution in [0.25, 0.3) is 0 Å². The number of esters is 1. The molecule has 21 heavy (non-hydrogen) atoms. The zero-order chi connectivity index (χ0) is 15.0. The molecule has 0 amide bonds. The maximum Gasteiger partial charge on any atom is 0.338 e. The molecule has 0 spiro atoms. The molecule has 4 atom stereocenters. The molecule has 2 fully saturated rings. The SMILES string of the molecule is CN1C2CCC1[C@H](C(=O)O)[C@H](OC(=O)c1ccccc1)C2. The number of ether oxygens (including phenoxy) is 1. The molecule has 1 aromatic rings. The van der Waals surface area contributed by atoms with Crippen LogP contribution < -0.4 is 0 Å². The Labute approximate surface area is 123 Å². The van der Waals surface area contributed by atoms with Gasteiger partial charge >= 0.3 is 11.9 Å². The lowest BCUT2D eigenvalue weighted by Crippen LogP contribution is -2.53. The summed E-state index contributed by atoms with van der Waals surface area (Å²) in [5.74, 6) is -1.95. The predicted molar refractivity (Wildman–Crippen MR) is 76.0 cm³/mol. The third-order valence-electron chi connectivity index (χ3n) is 4.77. The van der Waals surface area contributed by atoms with Crippen molar-refractivity contribution in [1.29, 1.82) is 0 Å². The van der Waals surface area contributed by atoms with E-state index in [0.29, 0.717) is 18.0 Å². The van der Waals surface area contributed by atoms with Crippen molar-refractivity contribution in [2.75, 3.05) is 7.05 Å². The average molecular weight is 289 g/mol. The monoisotopic (exact) mass is 289 g/mol. The van der Waals surface area contributed by atoms with Crippen LogP contribution in [-0.4, -0.2) is 47.2 Å². The van der Waals surface area contributed by atoms with Crippen LogP contribution in [0, 0.1) is 5.92 Å². The van der Waals surface area contributed by atoms with Gasteiger partial charge in [0.15, 0.2) is 0 Å². The Kier molecular flexibility index (Phi) is 3.68. The van der Waals surface area contributed by atoms with Crippen molar-refractivity contribution in [3.05, 3.63) is 35.9 Å². The molecule has 2 aliphatic heterocycles. The number of rotatable bonds is 3. The van der Waals surface area contributed by atoms with E-state index in [1.165, 1.54) is 0 Å². The van der Waals surface area contributed by atoms with Crippen molar-refractivity contribution < 1.29 is 19.4 Å². The van der Waals surface area contributed by atoms with E-state index in [9.17, 15) is 14.7 Å². The van der Waals surface area contributed by atoms with Gasteiger partial charge in [-0.25, -0.2) is 4.79 Å². The molecule has 5 nitrogen and oxygen atoms in total. The van der Waals surface area contributed by atoms with Gasteiger partial charge in [0.1, 0.15) is 12.0 Å². The summed E-state index contributed by atoms with van der Waals surface area (Å²) in [5.41, 5.74) is 0.466. The minimum atomic E-state index is -0.877. The summed E-state index contributed by atoms with van der Waals surface area (Å²) in [4.78, 5) is 25.9. The Morgan fingerprint density at radius 1 is 1.24 bits per heavy atom. The summed E-state index contributed by atoms with van der Waals surface area (Å²) >= 11 is 0. The second-order valence-corrected chi connectivity index (χ2v) is 5.87. The van der Waals surface area contributed by atoms with Gasteiger partial charge in [-0.15, -0.1) is 0 Å². The maximum absolute atomic E-state index is 12.2. The van der Waals surface area contributed by atoms with E-state index >= 15 is 0 Å². The Bertz CT molecular complexity index is 544. The molecule has 2 heterocycles. The molecule has 0 aromatic heterocycles. The Morgan fingerprint density at radius 2 is 1.95 bits per heavy atom. The molecule has 5 heteroatoms. The van der Waals surface area contributed by atoms with Gasteiger partial charge in [-0.1, -0.05) is 18.2 Å². The third kappa shape index (κ3) is 2.53. The minimum Gasteiger partial charge on any atom is -0.481 e. The van der Waals surface area contributed by atoms with Gasteiger partial charge in [0.25, 0.3) is 0 Å². The van der Waals surface area contributed by atoms with Crippen LogP contribution in [0.5, 0.6) is 0 Å². The second-order valence-electron chi connectivity index (χ2n) is 5.87. The molecule has 0 radical (unpaired) electrons. The lowest BCUT2D eigenvalue weighted by Gasteiger charge is -2.40. The van der Waals surface area contributed by atoms with E-state index in [0.717, 1.165) is 12.8 Å². The topological polar surface area (TPSA) is 66.8 Å². The number of benzene rings is 1. The van der Waals surface area contributed by atoms with Gasteiger partial charge in [-0.2, -0.15) is 0 Å². The van der Waals surface area contributed by atoms with Gasteiger partial charge in [-0.3, -0.25) is 9.69 Å². The normalized spacial score (nSPS) is 31.9. The average Bonchev–Trinajstić information content (AvgIpc) is 2.72. The zero-order valence-corrected chi connectivity index (χ0v) is 11.9. The quantitative estimate of drug-likeness (QED) is 0.859. The van der Waals surface area contributed by atoms with Crippen molar-refractivity contribution in [2.45, 2.75) is 37.5 Å². The van der Waals surface area contributed by atoms with Crippen LogP contribution in [-0.2, 0) is 9.53 Å². The number of hydrogen-bond acceptors (Lipinski definition) is 4. The van der Waals surface area contributed by atoms with Crippen LogP contribution in [0.15, 0.2) is 30.3 Å².